The molecule has 1 nitrogen and oxygen atoms in total. The van der Waals surface area contributed by atoms with Crippen LogP contribution in [0.15, 0.2) is 18.2 Å². The topological polar surface area (TPSA) is 26.0 Å². The van der Waals surface area contributed by atoms with Crippen LogP contribution >= 0.6 is 35.6 Å². The maximum atomic E-state index is 5.94. The predicted molar refractivity (Wildman–Crippen MR) is 61.1 cm³/mol. The third kappa shape index (κ3) is 3.74. The molecule has 0 aliphatic carbocycles. The molecule has 4 heteroatoms. The minimum atomic E-state index is 0. The van der Waals surface area contributed by atoms with Crippen LogP contribution in [0.3, 0.4) is 0 Å². The third-order valence-corrected chi connectivity index (χ3v) is 2.40. The molecule has 1 aromatic rings. The van der Waals surface area contributed by atoms with Crippen LogP contribution < -0.4 is 5.73 Å². The van der Waals surface area contributed by atoms with Crippen molar-refractivity contribution in [3.05, 3.63) is 33.8 Å². The molecule has 0 amide bonds. The van der Waals surface area contributed by atoms with Gasteiger partial charge in [-0.25, -0.2) is 0 Å². The van der Waals surface area contributed by atoms with Gasteiger partial charge in [0.05, 0.1) is 0 Å². The van der Waals surface area contributed by atoms with Crippen molar-refractivity contribution >= 4 is 35.6 Å². The fourth-order valence-corrected chi connectivity index (χ4v) is 1.64. The van der Waals surface area contributed by atoms with Gasteiger partial charge in [-0.1, -0.05) is 29.3 Å². The van der Waals surface area contributed by atoms with Crippen molar-refractivity contribution in [3.8, 4) is 0 Å². The highest BCUT2D eigenvalue weighted by Crippen LogP contribution is 2.25. The Morgan fingerprint density at radius 3 is 2.15 bits per heavy atom. The summed E-state index contributed by atoms with van der Waals surface area (Å²) in [7, 11) is 0. The van der Waals surface area contributed by atoms with Crippen molar-refractivity contribution in [1.82, 2.24) is 0 Å². The molecule has 0 bridgehead atoms. The van der Waals surface area contributed by atoms with Gasteiger partial charge in [0.1, 0.15) is 0 Å². The van der Waals surface area contributed by atoms with Crippen molar-refractivity contribution in [2.75, 3.05) is 6.54 Å². The zero-order valence-corrected chi connectivity index (χ0v) is 9.42. The highest BCUT2D eigenvalue weighted by molar-refractivity contribution is 6.35. The van der Waals surface area contributed by atoms with E-state index in [1.165, 1.54) is 0 Å². The van der Waals surface area contributed by atoms with Gasteiger partial charge in [0.2, 0.25) is 0 Å². The normalized spacial score (nSPS) is 9.46. The minimum Gasteiger partial charge on any atom is -0.330 e. The number of benzene rings is 1. The highest BCUT2D eigenvalue weighted by atomic mass is 35.5. The predicted octanol–water partition coefficient (Wildman–Crippen LogP) is 3.31. The van der Waals surface area contributed by atoms with Gasteiger partial charge < -0.3 is 5.73 Å². The number of hydrogen-bond donors (Lipinski definition) is 1. The van der Waals surface area contributed by atoms with E-state index in [2.05, 4.69) is 0 Å². The SMILES string of the molecule is Cl.NCCCc1c(Cl)cccc1Cl. The molecule has 0 saturated heterocycles. The first-order valence-corrected chi connectivity index (χ1v) is 4.64. The number of hydrogen-bond acceptors (Lipinski definition) is 1. The van der Waals surface area contributed by atoms with E-state index in [1.807, 2.05) is 18.2 Å². The Morgan fingerprint density at radius 2 is 1.69 bits per heavy atom. The Kier molecular flexibility index (Phi) is 6.52. The van der Waals surface area contributed by atoms with Crippen LogP contribution in [0.25, 0.3) is 0 Å². The minimum absolute atomic E-state index is 0. The lowest BCUT2D eigenvalue weighted by molar-refractivity contribution is 0.833. The maximum Gasteiger partial charge on any atom is 0.0452 e. The van der Waals surface area contributed by atoms with Crippen LogP contribution in [-0.2, 0) is 6.42 Å². The summed E-state index contributed by atoms with van der Waals surface area (Å²) in [6.07, 6.45) is 1.78. The van der Waals surface area contributed by atoms with Crippen LogP contribution in [0.2, 0.25) is 10.0 Å². The summed E-state index contributed by atoms with van der Waals surface area (Å²) in [5.74, 6) is 0. The van der Waals surface area contributed by atoms with Crippen LogP contribution in [0.4, 0.5) is 0 Å². The molecular formula is C9H12Cl3N. The molecule has 0 saturated carbocycles. The summed E-state index contributed by atoms with van der Waals surface area (Å²) in [4.78, 5) is 0. The molecule has 1 rings (SSSR count). The highest BCUT2D eigenvalue weighted by Gasteiger charge is 2.03. The molecule has 0 aliphatic heterocycles. The standard InChI is InChI=1S/C9H11Cl2N.ClH/c10-8-4-1-5-9(11)7(8)3-2-6-12;/h1,4-5H,2-3,6,12H2;1H. The summed E-state index contributed by atoms with van der Waals surface area (Å²) in [6, 6.07) is 5.54. The Bertz CT molecular complexity index is 243. The van der Waals surface area contributed by atoms with E-state index in [4.69, 9.17) is 28.9 Å². The Hall–Kier alpha value is 0.0500. The molecule has 0 heterocycles. The second-order valence-corrected chi connectivity index (χ2v) is 3.41. The summed E-state index contributed by atoms with van der Waals surface area (Å²) < 4.78 is 0. The van der Waals surface area contributed by atoms with Crippen molar-refractivity contribution in [1.29, 1.82) is 0 Å². The smallest absolute Gasteiger partial charge is 0.0452 e. The lowest BCUT2D eigenvalue weighted by Crippen LogP contribution is -2.00. The van der Waals surface area contributed by atoms with Gasteiger partial charge in [-0.2, -0.15) is 0 Å². The first-order chi connectivity index (χ1) is 5.75. The maximum absolute atomic E-state index is 5.94. The monoisotopic (exact) mass is 239 g/mol. The second-order valence-electron chi connectivity index (χ2n) is 2.59. The summed E-state index contributed by atoms with van der Waals surface area (Å²) in [5.41, 5.74) is 6.40. The first kappa shape index (κ1) is 13.1. The van der Waals surface area contributed by atoms with Gasteiger partial charge in [0.25, 0.3) is 0 Å². The van der Waals surface area contributed by atoms with Gasteiger partial charge in [0.15, 0.2) is 0 Å². The van der Waals surface area contributed by atoms with Crippen LogP contribution in [0.1, 0.15) is 12.0 Å². The zero-order chi connectivity index (χ0) is 8.97. The summed E-state index contributed by atoms with van der Waals surface area (Å²) in [6.45, 7) is 0.668. The molecule has 0 atom stereocenters. The van der Waals surface area contributed by atoms with E-state index in [1.54, 1.807) is 0 Å². The fourth-order valence-electron chi connectivity index (χ4n) is 1.05. The van der Waals surface area contributed by atoms with Gasteiger partial charge in [-0.15, -0.1) is 12.4 Å². The van der Waals surface area contributed by atoms with E-state index in [0.29, 0.717) is 6.54 Å². The molecule has 0 aromatic heterocycles. The fraction of sp³-hybridized carbons (Fsp3) is 0.333. The van der Waals surface area contributed by atoms with Crippen molar-refractivity contribution < 1.29 is 0 Å². The molecule has 2 N–H and O–H groups in total. The van der Waals surface area contributed by atoms with Gasteiger partial charge in [-0.3, -0.25) is 0 Å². The molecular weight excluding hydrogens is 228 g/mol. The lowest BCUT2D eigenvalue weighted by atomic mass is 10.1. The van der Waals surface area contributed by atoms with Crippen LogP contribution in [-0.4, -0.2) is 6.54 Å². The number of nitrogens with two attached hydrogens (primary N) is 1. The van der Waals surface area contributed by atoms with Crippen LogP contribution in [0.5, 0.6) is 0 Å². The van der Waals surface area contributed by atoms with Crippen molar-refractivity contribution in [3.63, 3.8) is 0 Å². The largest absolute Gasteiger partial charge is 0.330 e. The Morgan fingerprint density at radius 1 is 1.15 bits per heavy atom. The lowest BCUT2D eigenvalue weighted by Gasteiger charge is -2.04. The molecule has 0 unspecified atom stereocenters. The van der Waals surface area contributed by atoms with Crippen molar-refractivity contribution in [2.45, 2.75) is 12.8 Å². The quantitative estimate of drug-likeness (QED) is 0.862. The second kappa shape index (κ2) is 6.50. The summed E-state index contributed by atoms with van der Waals surface area (Å²) in [5, 5.41) is 1.46. The Balaban J connectivity index is 0.00000144. The van der Waals surface area contributed by atoms with E-state index >= 15 is 0 Å². The average Bonchev–Trinajstić information content (AvgIpc) is 2.04. The molecule has 74 valence electrons. The van der Waals surface area contributed by atoms with E-state index in [0.717, 1.165) is 28.5 Å². The third-order valence-electron chi connectivity index (χ3n) is 1.69. The van der Waals surface area contributed by atoms with Gasteiger partial charge in [-0.05, 0) is 37.1 Å². The summed E-state index contributed by atoms with van der Waals surface area (Å²) >= 11 is 11.9. The number of halogens is 3. The Labute approximate surface area is 94.6 Å². The number of rotatable bonds is 3. The molecule has 1 aromatic carbocycles. The van der Waals surface area contributed by atoms with Crippen LogP contribution in [0, 0.1) is 0 Å². The molecule has 0 fully saturated rings. The first-order valence-electron chi connectivity index (χ1n) is 3.88. The molecule has 13 heavy (non-hydrogen) atoms. The molecule has 0 aliphatic rings. The zero-order valence-electron chi connectivity index (χ0n) is 7.09. The van der Waals surface area contributed by atoms with E-state index in [9.17, 15) is 0 Å². The van der Waals surface area contributed by atoms with E-state index in [-0.39, 0.29) is 12.4 Å². The average molecular weight is 241 g/mol. The molecule has 0 spiro atoms. The molecule has 0 radical (unpaired) electrons. The van der Waals surface area contributed by atoms with Gasteiger partial charge >= 0.3 is 0 Å². The van der Waals surface area contributed by atoms with E-state index < -0.39 is 0 Å². The van der Waals surface area contributed by atoms with Gasteiger partial charge in [0, 0.05) is 10.0 Å². The van der Waals surface area contributed by atoms with Crippen molar-refractivity contribution in [2.24, 2.45) is 5.73 Å².